The van der Waals surface area contributed by atoms with Gasteiger partial charge in [0.2, 0.25) is 0 Å². The van der Waals surface area contributed by atoms with Crippen LogP contribution in [0.5, 0.6) is 0 Å². The highest BCUT2D eigenvalue weighted by Crippen LogP contribution is 2.25. The third-order valence-corrected chi connectivity index (χ3v) is 2.83. The topological polar surface area (TPSA) is 28.7 Å². The lowest BCUT2D eigenvalue weighted by atomic mass is 10.1. The maximum absolute atomic E-state index is 6.13. The molecule has 0 aliphatic heterocycles. The average molecular weight is 251 g/mol. The van der Waals surface area contributed by atoms with Crippen LogP contribution in [0, 0.1) is 4.64 Å². The van der Waals surface area contributed by atoms with Gasteiger partial charge < -0.3 is 4.98 Å². The summed E-state index contributed by atoms with van der Waals surface area (Å²) >= 11 is 11.3. The molecule has 0 saturated carbocycles. The minimum atomic E-state index is 0.588. The number of aryl methyl sites for hydroxylation is 1. The maximum Gasteiger partial charge on any atom is 0.130 e. The highest BCUT2D eigenvalue weighted by atomic mass is 35.5. The van der Waals surface area contributed by atoms with Crippen molar-refractivity contribution in [3.63, 3.8) is 0 Å². The summed E-state index contributed by atoms with van der Waals surface area (Å²) in [5, 5.41) is 0.710. The zero-order chi connectivity index (χ0) is 11.5. The molecule has 4 heteroatoms. The molecule has 0 spiro atoms. The monoisotopic (exact) mass is 250 g/mol. The van der Waals surface area contributed by atoms with Crippen molar-refractivity contribution in [3.8, 4) is 11.3 Å². The number of aromatic nitrogens is 2. The first-order chi connectivity index (χ1) is 7.70. The van der Waals surface area contributed by atoms with E-state index in [1.165, 1.54) is 0 Å². The van der Waals surface area contributed by atoms with Crippen molar-refractivity contribution in [2.75, 3.05) is 0 Å². The van der Waals surface area contributed by atoms with E-state index in [0.29, 0.717) is 9.66 Å². The normalized spacial score (nSPS) is 10.4. The Hall–Kier alpha value is -1.19. The van der Waals surface area contributed by atoms with Crippen molar-refractivity contribution in [1.82, 2.24) is 9.97 Å². The SMILES string of the molecule is CCc1nc(=S)cc(-c2ccccc2Cl)[nH]1. The van der Waals surface area contributed by atoms with Gasteiger partial charge >= 0.3 is 0 Å². The van der Waals surface area contributed by atoms with E-state index < -0.39 is 0 Å². The van der Waals surface area contributed by atoms with Crippen LogP contribution >= 0.6 is 23.8 Å². The molecule has 1 aromatic heterocycles. The van der Waals surface area contributed by atoms with Crippen molar-refractivity contribution in [3.05, 3.63) is 45.8 Å². The summed E-state index contributed by atoms with van der Waals surface area (Å²) in [4.78, 5) is 7.45. The molecule has 0 atom stereocenters. The van der Waals surface area contributed by atoms with Crippen LogP contribution in [0.15, 0.2) is 30.3 Å². The molecule has 1 heterocycles. The van der Waals surface area contributed by atoms with E-state index in [2.05, 4.69) is 9.97 Å². The fraction of sp³-hybridized carbons (Fsp3) is 0.167. The van der Waals surface area contributed by atoms with Crippen LogP contribution in [0.4, 0.5) is 0 Å². The molecule has 0 aliphatic rings. The van der Waals surface area contributed by atoms with Gasteiger partial charge in [-0.1, -0.05) is 48.9 Å². The van der Waals surface area contributed by atoms with Crippen LogP contribution in [-0.4, -0.2) is 9.97 Å². The smallest absolute Gasteiger partial charge is 0.130 e. The van der Waals surface area contributed by atoms with Crippen LogP contribution in [0.2, 0.25) is 5.02 Å². The summed E-state index contributed by atoms with van der Waals surface area (Å²) in [7, 11) is 0. The van der Waals surface area contributed by atoms with Gasteiger partial charge in [-0.2, -0.15) is 0 Å². The second-order valence-electron chi connectivity index (χ2n) is 3.41. The first kappa shape index (κ1) is 11.3. The van der Waals surface area contributed by atoms with E-state index in [1.807, 2.05) is 37.3 Å². The van der Waals surface area contributed by atoms with E-state index in [4.69, 9.17) is 23.8 Å². The molecule has 0 fully saturated rings. The first-order valence-electron chi connectivity index (χ1n) is 5.06. The number of halogens is 1. The van der Waals surface area contributed by atoms with Gasteiger partial charge in [0.25, 0.3) is 0 Å². The molecule has 0 unspecified atom stereocenters. The average Bonchev–Trinajstić information content (AvgIpc) is 2.28. The molecule has 16 heavy (non-hydrogen) atoms. The summed E-state index contributed by atoms with van der Waals surface area (Å²) in [6.45, 7) is 2.03. The summed E-state index contributed by atoms with van der Waals surface area (Å²) in [5.41, 5.74) is 1.87. The van der Waals surface area contributed by atoms with Gasteiger partial charge in [0.05, 0.1) is 5.69 Å². The first-order valence-corrected chi connectivity index (χ1v) is 5.84. The Morgan fingerprint density at radius 1 is 1.38 bits per heavy atom. The van der Waals surface area contributed by atoms with Crippen molar-refractivity contribution in [1.29, 1.82) is 0 Å². The fourth-order valence-corrected chi connectivity index (χ4v) is 1.97. The van der Waals surface area contributed by atoms with Crippen molar-refractivity contribution in [2.45, 2.75) is 13.3 Å². The Morgan fingerprint density at radius 2 is 2.12 bits per heavy atom. The Labute approximate surface area is 104 Å². The number of aromatic amines is 1. The molecular formula is C12H11ClN2S. The highest BCUT2D eigenvalue weighted by Gasteiger charge is 2.04. The molecule has 2 rings (SSSR count). The molecule has 0 saturated heterocycles. The molecule has 0 amide bonds. The standard InChI is InChI=1S/C12H11ClN2S/c1-2-11-14-10(7-12(16)15-11)8-5-3-4-6-9(8)13/h3-7H,2H2,1H3,(H,14,15,16). The van der Waals surface area contributed by atoms with Crippen LogP contribution in [0.3, 0.4) is 0 Å². The van der Waals surface area contributed by atoms with Gasteiger partial charge in [0.1, 0.15) is 10.5 Å². The van der Waals surface area contributed by atoms with Crippen molar-refractivity contribution in [2.24, 2.45) is 0 Å². The van der Waals surface area contributed by atoms with E-state index in [-0.39, 0.29) is 0 Å². The highest BCUT2D eigenvalue weighted by molar-refractivity contribution is 7.71. The number of nitrogens with one attached hydrogen (secondary N) is 1. The number of H-pyrrole nitrogens is 1. The van der Waals surface area contributed by atoms with Gasteiger partial charge in [-0.25, -0.2) is 4.98 Å². The minimum Gasteiger partial charge on any atom is -0.343 e. The third-order valence-electron chi connectivity index (χ3n) is 2.29. The van der Waals surface area contributed by atoms with Crippen LogP contribution in [0.25, 0.3) is 11.3 Å². The zero-order valence-electron chi connectivity index (χ0n) is 8.83. The van der Waals surface area contributed by atoms with Crippen LogP contribution in [0.1, 0.15) is 12.7 Å². The summed E-state index contributed by atoms with van der Waals surface area (Å²) in [6, 6.07) is 9.50. The van der Waals surface area contributed by atoms with Crippen LogP contribution in [-0.2, 0) is 6.42 Å². The van der Waals surface area contributed by atoms with E-state index >= 15 is 0 Å². The van der Waals surface area contributed by atoms with Crippen molar-refractivity contribution >= 4 is 23.8 Å². The van der Waals surface area contributed by atoms with Gasteiger partial charge in [-0.3, -0.25) is 0 Å². The predicted molar refractivity (Wildman–Crippen MR) is 69.2 cm³/mol. The molecule has 0 aliphatic carbocycles. The number of rotatable bonds is 2. The lowest BCUT2D eigenvalue weighted by Gasteiger charge is -2.06. The molecule has 82 valence electrons. The molecule has 1 N–H and O–H groups in total. The molecule has 2 aromatic rings. The summed E-state index contributed by atoms with van der Waals surface area (Å²) in [6.07, 6.45) is 0.821. The lowest BCUT2D eigenvalue weighted by Crippen LogP contribution is -1.95. The minimum absolute atomic E-state index is 0.588. The third kappa shape index (κ3) is 2.31. The van der Waals surface area contributed by atoms with E-state index in [0.717, 1.165) is 23.5 Å². The largest absolute Gasteiger partial charge is 0.343 e. The van der Waals surface area contributed by atoms with Gasteiger partial charge in [-0.05, 0) is 12.1 Å². The van der Waals surface area contributed by atoms with Gasteiger partial charge in [-0.15, -0.1) is 0 Å². The van der Waals surface area contributed by atoms with Gasteiger partial charge in [0.15, 0.2) is 0 Å². The van der Waals surface area contributed by atoms with E-state index in [1.54, 1.807) is 0 Å². The molecule has 0 bridgehead atoms. The maximum atomic E-state index is 6.13. The molecule has 1 aromatic carbocycles. The van der Waals surface area contributed by atoms with Crippen LogP contribution < -0.4 is 0 Å². The predicted octanol–water partition coefficient (Wildman–Crippen LogP) is 4.02. The second kappa shape index (κ2) is 4.76. The molecule has 0 radical (unpaired) electrons. The summed E-state index contributed by atoms with van der Waals surface area (Å²) < 4.78 is 0.588. The Morgan fingerprint density at radius 3 is 2.81 bits per heavy atom. The van der Waals surface area contributed by atoms with Gasteiger partial charge in [0, 0.05) is 17.0 Å². The fourth-order valence-electron chi connectivity index (χ4n) is 1.50. The zero-order valence-corrected chi connectivity index (χ0v) is 10.4. The van der Waals surface area contributed by atoms with Crippen molar-refractivity contribution < 1.29 is 0 Å². The quantitative estimate of drug-likeness (QED) is 0.816. The Balaban J connectivity index is 2.60. The lowest BCUT2D eigenvalue weighted by molar-refractivity contribution is 0.936. The Kier molecular flexibility index (Phi) is 3.36. The number of hydrogen-bond donors (Lipinski definition) is 1. The number of nitrogens with zero attached hydrogens (tertiary/aromatic N) is 1. The van der Waals surface area contributed by atoms with E-state index in [9.17, 15) is 0 Å². The molecule has 2 nitrogen and oxygen atoms in total. The Bertz CT molecular complexity index is 563. The summed E-state index contributed by atoms with van der Waals surface area (Å²) in [5.74, 6) is 0.877. The second-order valence-corrected chi connectivity index (χ2v) is 4.24. The number of hydrogen-bond acceptors (Lipinski definition) is 2. The molecular weight excluding hydrogens is 240 g/mol. The number of benzene rings is 1.